The zero-order chi connectivity index (χ0) is 8.55. The Balaban J connectivity index is 2.93. The summed E-state index contributed by atoms with van der Waals surface area (Å²) in [7, 11) is 0.740. The second-order valence-corrected chi connectivity index (χ2v) is 3.83. The van der Waals surface area contributed by atoms with Gasteiger partial charge in [0.1, 0.15) is 5.58 Å². The molecule has 60 valence electrons. The van der Waals surface area contributed by atoms with E-state index in [1.165, 1.54) is 0 Å². The molecule has 1 heterocycles. The van der Waals surface area contributed by atoms with E-state index in [2.05, 4.69) is 0 Å². The third kappa shape index (κ3) is 1.08. The molecule has 0 radical (unpaired) electrons. The molecule has 0 N–H and O–H groups in total. The minimum Gasteiger partial charge on any atom is -0.423 e. The van der Waals surface area contributed by atoms with Crippen LogP contribution in [0.5, 0.6) is 0 Å². The Morgan fingerprint density at radius 3 is 2.83 bits per heavy atom. The van der Waals surface area contributed by atoms with Gasteiger partial charge in [0.15, 0.2) is 0 Å². The van der Waals surface area contributed by atoms with E-state index < -0.39 is 0 Å². The van der Waals surface area contributed by atoms with Crippen LogP contribution >= 0.6 is 0 Å². The molecule has 12 heavy (non-hydrogen) atoms. The minimum absolute atomic E-state index is 0.194. The first-order valence-corrected chi connectivity index (χ1v) is 4.77. The lowest BCUT2D eigenvalue weighted by Gasteiger charge is -1.95. The number of hydrogen-bond donors (Lipinski definition) is 0. The number of hydrogen-bond acceptors (Lipinski definition) is 2. The van der Waals surface area contributed by atoms with Gasteiger partial charge in [0.05, 0.1) is 0 Å². The summed E-state index contributed by atoms with van der Waals surface area (Å²) < 4.78 is 5.07. The predicted octanol–water partition coefficient (Wildman–Crippen LogP) is -0.216. The van der Waals surface area contributed by atoms with Crippen LogP contribution in [0.4, 0.5) is 0 Å². The van der Waals surface area contributed by atoms with Crippen LogP contribution in [0.1, 0.15) is 0 Å². The van der Waals surface area contributed by atoms with Gasteiger partial charge in [0.2, 0.25) is 0 Å². The molecule has 2 nitrogen and oxygen atoms in total. The van der Waals surface area contributed by atoms with E-state index in [4.69, 9.17) is 4.42 Å². The van der Waals surface area contributed by atoms with E-state index in [0.29, 0.717) is 5.58 Å². The molecule has 0 saturated heterocycles. The first kappa shape index (κ1) is 7.30. The van der Waals surface area contributed by atoms with Crippen LogP contribution in [0.25, 0.3) is 11.0 Å². The molecule has 0 aliphatic carbocycles. The Labute approximate surface area is 72.3 Å². The Morgan fingerprint density at radius 2 is 2.00 bits per heavy atom. The van der Waals surface area contributed by atoms with Gasteiger partial charge in [-0.3, -0.25) is 0 Å². The number of para-hydroxylation sites is 1. The topological polar surface area (TPSA) is 30.2 Å². The molecule has 1 aromatic heterocycles. The summed E-state index contributed by atoms with van der Waals surface area (Å²) in [5.74, 6) is 0. The first-order chi connectivity index (χ1) is 5.77. The summed E-state index contributed by atoms with van der Waals surface area (Å²) in [4.78, 5) is 11.1. The minimum atomic E-state index is -0.194. The molecule has 0 aliphatic heterocycles. The monoisotopic (exact) mass is 176 g/mol. The van der Waals surface area contributed by atoms with Gasteiger partial charge in [-0.1, -0.05) is 18.2 Å². The molecule has 0 amide bonds. The number of fused-ring (bicyclic) bond motifs is 1. The van der Waals surface area contributed by atoms with E-state index in [1.807, 2.05) is 24.3 Å². The van der Waals surface area contributed by atoms with Gasteiger partial charge in [0.25, 0.3) is 0 Å². The van der Waals surface area contributed by atoms with Gasteiger partial charge in [-0.25, -0.2) is 4.79 Å². The lowest BCUT2D eigenvalue weighted by Crippen LogP contribution is -2.22. The van der Waals surface area contributed by atoms with Crippen molar-refractivity contribution in [3.63, 3.8) is 0 Å². The summed E-state index contributed by atoms with van der Waals surface area (Å²) >= 11 is 0. The summed E-state index contributed by atoms with van der Waals surface area (Å²) in [6, 6.07) is 9.44. The lowest BCUT2D eigenvalue weighted by atomic mass is 10.2. The molecule has 0 saturated carbocycles. The van der Waals surface area contributed by atoms with Crippen molar-refractivity contribution in [2.24, 2.45) is 0 Å². The van der Waals surface area contributed by atoms with Gasteiger partial charge >= 0.3 is 5.63 Å². The standard InChI is InChI=1S/C9H8O2Si/c10-9-8(12)5-6-3-1-2-4-7(6)11-9/h1-5H,12H3. The molecule has 0 spiro atoms. The second kappa shape index (κ2) is 2.60. The highest BCUT2D eigenvalue weighted by molar-refractivity contribution is 6.32. The maximum Gasteiger partial charge on any atom is 0.334 e. The normalized spacial score (nSPS) is 10.7. The van der Waals surface area contributed by atoms with Crippen molar-refractivity contribution < 1.29 is 4.42 Å². The van der Waals surface area contributed by atoms with Crippen LogP contribution in [-0.2, 0) is 0 Å². The molecule has 0 fully saturated rings. The molecule has 3 heteroatoms. The van der Waals surface area contributed by atoms with Crippen LogP contribution in [0.15, 0.2) is 39.5 Å². The third-order valence-electron chi connectivity index (χ3n) is 1.82. The molecule has 0 aliphatic rings. The van der Waals surface area contributed by atoms with Crippen LogP contribution in [0.3, 0.4) is 0 Å². The van der Waals surface area contributed by atoms with E-state index in [1.54, 1.807) is 6.07 Å². The number of rotatable bonds is 0. The second-order valence-electron chi connectivity index (χ2n) is 2.75. The summed E-state index contributed by atoms with van der Waals surface area (Å²) in [5.41, 5.74) is 0.475. The van der Waals surface area contributed by atoms with E-state index in [9.17, 15) is 4.79 Å². The molecule has 0 atom stereocenters. The van der Waals surface area contributed by atoms with Crippen molar-refractivity contribution in [3.8, 4) is 0 Å². The van der Waals surface area contributed by atoms with E-state index >= 15 is 0 Å². The molecule has 1 aromatic carbocycles. The van der Waals surface area contributed by atoms with Crippen molar-refractivity contribution in [3.05, 3.63) is 40.8 Å². The van der Waals surface area contributed by atoms with Gasteiger partial charge in [-0.05, 0) is 12.1 Å². The van der Waals surface area contributed by atoms with Gasteiger partial charge in [-0.15, -0.1) is 0 Å². The Bertz CT molecular complexity index is 473. The fraction of sp³-hybridized carbons (Fsp3) is 0. The number of benzene rings is 1. The Morgan fingerprint density at radius 1 is 1.25 bits per heavy atom. The summed E-state index contributed by atoms with van der Waals surface area (Å²) in [6.45, 7) is 0. The predicted molar refractivity (Wildman–Crippen MR) is 52.1 cm³/mol. The van der Waals surface area contributed by atoms with E-state index in [0.717, 1.165) is 20.8 Å². The fourth-order valence-corrected chi connectivity index (χ4v) is 1.58. The summed E-state index contributed by atoms with van der Waals surface area (Å²) in [6.07, 6.45) is 0. The average Bonchev–Trinajstić information content (AvgIpc) is 2.07. The SMILES string of the molecule is O=c1oc2ccccc2cc1[SiH3]. The van der Waals surface area contributed by atoms with Crippen molar-refractivity contribution in [2.75, 3.05) is 0 Å². The van der Waals surface area contributed by atoms with Crippen molar-refractivity contribution >= 4 is 26.4 Å². The largest absolute Gasteiger partial charge is 0.423 e. The summed E-state index contributed by atoms with van der Waals surface area (Å²) in [5, 5.41) is 1.79. The van der Waals surface area contributed by atoms with Crippen LogP contribution in [-0.4, -0.2) is 10.2 Å². The molecule has 2 rings (SSSR count). The van der Waals surface area contributed by atoms with Crippen LogP contribution in [0.2, 0.25) is 0 Å². The fourth-order valence-electron chi connectivity index (χ4n) is 1.17. The highest BCUT2D eigenvalue weighted by Gasteiger charge is 1.98. The maximum absolute atomic E-state index is 11.1. The molecular weight excluding hydrogens is 168 g/mol. The molecule has 0 bridgehead atoms. The first-order valence-electron chi connectivity index (χ1n) is 3.77. The van der Waals surface area contributed by atoms with Crippen molar-refractivity contribution in [1.82, 2.24) is 0 Å². The zero-order valence-electron chi connectivity index (χ0n) is 6.70. The van der Waals surface area contributed by atoms with Crippen molar-refractivity contribution in [1.29, 1.82) is 0 Å². The third-order valence-corrected chi connectivity index (χ3v) is 2.51. The maximum atomic E-state index is 11.1. The molecule has 0 unspecified atom stereocenters. The highest BCUT2D eigenvalue weighted by Crippen LogP contribution is 2.08. The quantitative estimate of drug-likeness (QED) is 0.410. The van der Waals surface area contributed by atoms with Gasteiger partial charge in [0, 0.05) is 20.8 Å². The lowest BCUT2D eigenvalue weighted by molar-refractivity contribution is 0.566. The zero-order valence-corrected chi connectivity index (χ0v) is 8.70. The van der Waals surface area contributed by atoms with E-state index in [-0.39, 0.29) is 5.63 Å². The van der Waals surface area contributed by atoms with Gasteiger partial charge in [-0.2, -0.15) is 0 Å². The van der Waals surface area contributed by atoms with Crippen molar-refractivity contribution in [2.45, 2.75) is 0 Å². The Hall–Kier alpha value is -1.35. The smallest absolute Gasteiger partial charge is 0.334 e. The Kier molecular flexibility index (Phi) is 1.58. The average molecular weight is 176 g/mol. The molecular formula is C9H8O2Si. The highest BCUT2D eigenvalue weighted by atomic mass is 28.1. The molecule has 2 aromatic rings. The van der Waals surface area contributed by atoms with Gasteiger partial charge < -0.3 is 4.42 Å². The van der Waals surface area contributed by atoms with Crippen LogP contribution in [0, 0.1) is 0 Å². The van der Waals surface area contributed by atoms with Crippen LogP contribution < -0.4 is 10.8 Å².